The van der Waals surface area contributed by atoms with Crippen molar-refractivity contribution in [2.45, 2.75) is 31.7 Å². The standard InChI is InChI=1S/C7H13NO6/c1-3(9)6(12)8-4(7(13)14)2-5(10)11/h3-4,6,8-9,12H,2H2,1H3,(H,10,11)(H,13,14). The quantitative estimate of drug-likeness (QED) is 0.325. The van der Waals surface area contributed by atoms with Gasteiger partial charge < -0.3 is 20.4 Å². The first-order chi connectivity index (χ1) is 6.34. The fourth-order valence-corrected chi connectivity index (χ4v) is 0.738. The number of carboxylic acids is 2. The zero-order chi connectivity index (χ0) is 11.3. The van der Waals surface area contributed by atoms with Crippen LogP contribution in [0.25, 0.3) is 0 Å². The summed E-state index contributed by atoms with van der Waals surface area (Å²) < 4.78 is 0. The monoisotopic (exact) mass is 207 g/mol. The summed E-state index contributed by atoms with van der Waals surface area (Å²) in [5.74, 6) is -2.70. The number of aliphatic hydroxyl groups excluding tert-OH is 2. The molecule has 82 valence electrons. The van der Waals surface area contributed by atoms with Gasteiger partial charge in [-0.15, -0.1) is 0 Å². The van der Waals surface area contributed by atoms with Crippen LogP contribution in [0.1, 0.15) is 13.3 Å². The van der Waals surface area contributed by atoms with E-state index in [0.29, 0.717) is 0 Å². The second-order valence-corrected chi connectivity index (χ2v) is 2.84. The molecule has 0 saturated carbocycles. The van der Waals surface area contributed by atoms with Crippen molar-refractivity contribution in [1.82, 2.24) is 5.32 Å². The van der Waals surface area contributed by atoms with Crippen LogP contribution >= 0.6 is 0 Å². The van der Waals surface area contributed by atoms with E-state index in [1.54, 1.807) is 0 Å². The van der Waals surface area contributed by atoms with Gasteiger partial charge >= 0.3 is 11.9 Å². The van der Waals surface area contributed by atoms with E-state index in [0.717, 1.165) is 0 Å². The lowest BCUT2D eigenvalue weighted by Crippen LogP contribution is -2.48. The van der Waals surface area contributed by atoms with E-state index in [1.165, 1.54) is 6.92 Å². The summed E-state index contributed by atoms with van der Waals surface area (Å²) in [6, 6.07) is -1.42. The lowest BCUT2D eigenvalue weighted by Gasteiger charge is -2.19. The van der Waals surface area contributed by atoms with Crippen LogP contribution in [0.4, 0.5) is 0 Å². The predicted molar refractivity (Wildman–Crippen MR) is 44.5 cm³/mol. The molecule has 0 fully saturated rings. The van der Waals surface area contributed by atoms with Crippen LogP contribution in [0.3, 0.4) is 0 Å². The van der Waals surface area contributed by atoms with E-state index in [2.05, 4.69) is 5.32 Å². The van der Waals surface area contributed by atoms with Gasteiger partial charge in [-0.3, -0.25) is 14.9 Å². The maximum Gasteiger partial charge on any atom is 0.321 e. The number of nitrogens with one attached hydrogen (secondary N) is 1. The van der Waals surface area contributed by atoms with Gasteiger partial charge in [-0.2, -0.15) is 0 Å². The van der Waals surface area contributed by atoms with Crippen molar-refractivity contribution in [2.24, 2.45) is 0 Å². The molecule has 0 aliphatic heterocycles. The summed E-state index contributed by atoms with van der Waals surface area (Å²) in [4.78, 5) is 20.7. The molecule has 3 unspecified atom stereocenters. The van der Waals surface area contributed by atoms with E-state index in [-0.39, 0.29) is 0 Å². The minimum Gasteiger partial charge on any atom is -0.481 e. The fraction of sp³-hybridized carbons (Fsp3) is 0.714. The van der Waals surface area contributed by atoms with Gasteiger partial charge in [0.15, 0.2) is 0 Å². The summed E-state index contributed by atoms with van der Waals surface area (Å²) in [5, 5.41) is 36.8. The van der Waals surface area contributed by atoms with Crippen molar-refractivity contribution < 1.29 is 30.0 Å². The van der Waals surface area contributed by atoms with Crippen molar-refractivity contribution in [3.8, 4) is 0 Å². The Balaban J connectivity index is 4.23. The summed E-state index contributed by atoms with van der Waals surface area (Å²) in [5.41, 5.74) is 0. The third-order valence-electron chi connectivity index (χ3n) is 1.51. The zero-order valence-electron chi connectivity index (χ0n) is 7.54. The Bertz CT molecular complexity index is 216. The average molecular weight is 207 g/mol. The number of carbonyl (C=O) groups is 2. The largest absolute Gasteiger partial charge is 0.481 e. The lowest BCUT2D eigenvalue weighted by molar-refractivity contribution is -0.147. The van der Waals surface area contributed by atoms with Crippen molar-refractivity contribution in [2.75, 3.05) is 0 Å². The molecule has 0 saturated heterocycles. The Kier molecular flexibility index (Phi) is 5.06. The minimum atomic E-state index is -1.46. The van der Waals surface area contributed by atoms with E-state index in [4.69, 9.17) is 20.4 Å². The van der Waals surface area contributed by atoms with Crippen molar-refractivity contribution >= 4 is 11.9 Å². The normalized spacial score (nSPS) is 17.1. The Morgan fingerprint density at radius 3 is 2.07 bits per heavy atom. The molecule has 3 atom stereocenters. The first-order valence-corrected chi connectivity index (χ1v) is 3.91. The van der Waals surface area contributed by atoms with E-state index >= 15 is 0 Å². The highest BCUT2D eigenvalue weighted by atomic mass is 16.4. The van der Waals surface area contributed by atoms with E-state index < -0.39 is 36.7 Å². The molecule has 0 aliphatic carbocycles. The minimum absolute atomic E-state index is 0.668. The molecule has 14 heavy (non-hydrogen) atoms. The molecule has 0 bridgehead atoms. The van der Waals surface area contributed by atoms with Crippen LogP contribution in [0.15, 0.2) is 0 Å². The highest BCUT2D eigenvalue weighted by Gasteiger charge is 2.24. The van der Waals surface area contributed by atoms with Crippen LogP contribution in [-0.4, -0.2) is 50.7 Å². The molecule has 5 N–H and O–H groups in total. The molecule has 7 nitrogen and oxygen atoms in total. The summed E-state index contributed by atoms with van der Waals surface area (Å²) in [6.07, 6.45) is -3.31. The molecule has 7 heteroatoms. The van der Waals surface area contributed by atoms with E-state index in [1.807, 2.05) is 0 Å². The van der Waals surface area contributed by atoms with Gasteiger partial charge in [0.1, 0.15) is 12.3 Å². The van der Waals surface area contributed by atoms with Crippen LogP contribution in [0, 0.1) is 0 Å². The number of hydrogen-bond acceptors (Lipinski definition) is 5. The van der Waals surface area contributed by atoms with Crippen LogP contribution in [0.5, 0.6) is 0 Å². The molecular formula is C7H13NO6. The van der Waals surface area contributed by atoms with Crippen molar-refractivity contribution in [3.63, 3.8) is 0 Å². The SMILES string of the molecule is CC(O)C(O)NC(CC(=O)O)C(=O)O. The molecule has 0 radical (unpaired) electrons. The van der Waals surface area contributed by atoms with Gasteiger partial charge in [-0.25, -0.2) is 0 Å². The average Bonchev–Trinajstić information content (AvgIpc) is 2.01. The van der Waals surface area contributed by atoms with Gasteiger partial charge in [-0.05, 0) is 6.92 Å². The highest BCUT2D eigenvalue weighted by Crippen LogP contribution is 1.97. The molecular weight excluding hydrogens is 194 g/mol. The smallest absolute Gasteiger partial charge is 0.321 e. The first kappa shape index (κ1) is 12.8. The van der Waals surface area contributed by atoms with E-state index in [9.17, 15) is 9.59 Å². The molecule has 0 aromatic rings. The molecule has 0 spiro atoms. The number of carboxylic acid groups (broad SMARTS) is 2. The summed E-state index contributed by atoms with van der Waals surface area (Å²) >= 11 is 0. The predicted octanol–water partition coefficient (Wildman–Crippen LogP) is -1.80. The Morgan fingerprint density at radius 1 is 1.29 bits per heavy atom. The Labute approximate surface area is 80.0 Å². The topological polar surface area (TPSA) is 127 Å². The fourth-order valence-electron chi connectivity index (χ4n) is 0.738. The van der Waals surface area contributed by atoms with Gasteiger partial charge in [-0.1, -0.05) is 0 Å². The summed E-state index contributed by atoms with van der Waals surface area (Å²) in [6.45, 7) is 1.25. The van der Waals surface area contributed by atoms with Gasteiger partial charge in [0.25, 0.3) is 0 Å². The van der Waals surface area contributed by atoms with Crippen molar-refractivity contribution in [1.29, 1.82) is 0 Å². The van der Waals surface area contributed by atoms with Gasteiger partial charge in [0, 0.05) is 0 Å². The molecule has 0 aromatic heterocycles. The van der Waals surface area contributed by atoms with Crippen LogP contribution in [-0.2, 0) is 9.59 Å². The van der Waals surface area contributed by atoms with Crippen LogP contribution < -0.4 is 5.32 Å². The lowest BCUT2D eigenvalue weighted by atomic mass is 10.2. The van der Waals surface area contributed by atoms with Crippen molar-refractivity contribution in [3.05, 3.63) is 0 Å². The first-order valence-electron chi connectivity index (χ1n) is 3.91. The highest BCUT2D eigenvalue weighted by molar-refractivity contribution is 5.80. The Morgan fingerprint density at radius 2 is 1.79 bits per heavy atom. The van der Waals surface area contributed by atoms with Crippen LogP contribution in [0.2, 0.25) is 0 Å². The maximum absolute atomic E-state index is 10.5. The number of aliphatic carboxylic acids is 2. The second-order valence-electron chi connectivity index (χ2n) is 2.84. The zero-order valence-corrected chi connectivity index (χ0v) is 7.54. The van der Waals surface area contributed by atoms with Gasteiger partial charge in [0.2, 0.25) is 0 Å². The second kappa shape index (κ2) is 5.53. The third kappa shape index (κ3) is 4.75. The molecule has 0 heterocycles. The summed E-state index contributed by atoms with van der Waals surface area (Å²) in [7, 11) is 0. The number of hydrogen-bond donors (Lipinski definition) is 5. The molecule has 0 amide bonds. The third-order valence-corrected chi connectivity index (χ3v) is 1.51. The number of aliphatic hydroxyl groups is 2. The maximum atomic E-state index is 10.5. The molecule has 0 rings (SSSR count). The number of rotatable bonds is 6. The Hall–Kier alpha value is -1.18. The molecule has 0 aromatic carbocycles. The molecule has 0 aliphatic rings. The van der Waals surface area contributed by atoms with Gasteiger partial charge in [0.05, 0.1) is 12.5 Å².